The van der Waals surface area contributed by atoms with E-state index >= 15 is 0 Å². The Morgan fingerprint density at radius 2 is 1.96 bits per heavy atom. The van der Waals surface area contributed by atoms with Crippen molar-refractivity contribution in [2.45, 2.75) is 26.9 Å². The summed E-state index contributed by atoms with van der Waals surface area (Å²) >= 11 is 11.7. The molecule has 0 aliphatic heterocycles. The van der Waals surface area contributed by atoms with Crippen molar-refractivity contribution in [3.63, 3.8) is 0 Å². The summed E-state index contributed by atoms with van der Waals surface area (Å²) in [7, 11) is 0. The standard InChI is InChI=1S/C17H18Cl2N2O4/c1-8-15(10(3)22)9(2)20-16(8)17(24)25-7-14(23)21-11-4-5-12(18)13(19)6-11/h4-6,10,20,22H,7H2,1-3H3,(H,21,23)/t10-/m1/s1. The minimum absolute atomic E-state index is 0.218. The molecule has 1 aromatic heterocycles. The van der Waals surface area contributed by atoms with Crippen molar-refractivity contribution in [2.24, 2.45) is 0 Å². The Labute approximate surface area is 155 Å². The molecule has 0 spiro atoms. The molecule has 8 heteroatoms. The Morgan fingerprint density at radius 1 is 1.28 bits per heavy atom. The van der Waals surface area contributed by atoms with Crippen LogP contribution in [0.3, 0.4) is 0 Å². The van der Waals surface area contributed by atoms with Crippen LogP contribution in [0.25, 0.3) is 0 Å². The van der Waals surface area contributed by atoms with Gasteiger partial charge >= 0.3 is 5.97 Å². The molecule has 25 heavy (non-hydrogen) atoms. The Morgan fingerprint density at radius 3 is 2.52 bits per heavy atom. The van der Waals surface area contributed by atoms with Gasteiger partial charge in [-0.15, -0.1) is 0 Å². The lowest BCUT2D eigenvalue weighted by molar-refractivity contribution is -0.119. The second-order valence-electron chi connectivity index (χ2n) is 5.59. The van der Waals surface area contributed by atoms with E-state index in [2.05, 4.69) is 10.3 Å². The zero-order valence-corrected chi connectivity index (χ0v) is 15.5. The van der Waals surface area contributed by atoms with Crippen molar-refractivity contribution >= 4 is 40.8 Å². The van der Waals surface area contributed by atoms with Gasteiger partial charge in [-0.1, -0.05) is 23.2 Å². The van der Waals surface area contributed by atoms with Crippen molar-refractivity contribution in [2.75, 3.05) is 11.9 Å². The molecule has 2 aromatic rings. The molecule has 0 radical (unpaired) electrons. The number of carbonyl (C=O) groups is 2. The first-order valence-corrected chi connectivity index (χ1v) is 8.25. The lowest BCUT2D eigenvalue weighted by Gasteiger charge is -2.08. The summed E-state index contributed by atoms with van der Waals surface area (Å²) in [5.41, 5.74) is 2.59. The van der Waals surface area contributed by atoms with Crippen LogP contribution >= 0.6 is 23.2 Å². The number of hydrogen-bond donors (Lipinski definition) is 3. The van der Waals surface area contributed by atoms with Crippen LogP contribution in [0.2, 0.25) is 10.0 Å². The molecule has 1 atom stereocenters. The van der Waals surface area contributed by atoms with Crippen LogP contribution in [-0.4, -0.2) is 28.6 Å². The number of anilines is 1. The Balaban J connectivity index is 1.99. The quantitative estimate of drug-likeness (QED) is 0.683. The normalized spacial score (nSPS) is 11.9. The average molecular weight is 385 g/mol. The average Bonchev–Trinajstić information content (AvgIpc) is 2.83. The van der Waals surface area contributed by atoms with Gasteiger partial charge in [-0.3, -0.25) is 4.79 Å². The molecule has 0 saturated carbocycles. The molecule has 0 saturated heterocycles. The third-order valence-corrected chi connectivity index (χ3v) is 4.39. The molecule has 1 heterocycles. The molecule has 6 nitrogen and oxygen atoms in total. The number of aryl methyl sites for hydroxylation is 1. The molecule has 0 aliphatic rings. The first kappa shape index (κ1) is 19.3. The van der Waals surface area contributed by atoms with Gasteiger partial charge in [0.2, 0.25) is 0 Å². The van der Waals surface area contributed by atoms with E-state index in [1.165, 1.54) is 6.07 Å². The molecule has 3 N–H and O–H groups in total. The molecule has 2 rings (SSSR count). The molecule has 134 valence electrons. The lowest BCUT2D eigenvalue weighted by atomic mass is 10.1. The molecular formula is C17H18Cl2N2O4. The van der Waals surface area contributed by atoms with Crippen LogP contribution in [0.1, 0.15) is 40.3 Å². The van der Waals surface area contributed by atoms with Crippen LogP contribution in [0.4, 0.5) is 5.69 Å². The highest BCUT2D eigenvalue weighted by molar-refractivity contribution is 6.42. The van der Waals surface area contributed by atoms with Gasteiger partial charge in [0.05, 0.1) is 16.1 Å². The SMILES string of the molecule is Cc1[nH]c(C(=O)OCC(=O)Nc2ccc(Cl)c(Cl)c2)c(C)c1[C@@H](C)O. The van der Waals surface area contributed by atoms with E-state index in [-0.39, 0.29) is 5.69 Å². The maximum absolute atomic E-state index is 12.2. The Hall–Kier alpha value is -2.02. The van der Waals surface area contributed by atoms with Crippen LogP contribution in [0.15, 0.2) is 18.2 Å². The van der Waals surface area contributed by atoms with Crippen molar-refractivity contribution in [1.29, 1.82) is 0 Å². The molecular weight excluding hydrogens is 367 g/mol. The lowest BCUT2D eigenvalue weighted by Crippen LogP contribution is -2.21. The van der Waals surface area contributed by atoms with Gasteiger partial charge in [0, 0.05) is 16.9 Å². The highest BCUT2D eigenvalue weighted by Crippen LogP contribution is 2.26. The first-order valence-electron chi connectivity index (χ1n) is 7.49. The number of H-pyrrole nitrogens is 1. The fourth-order valence-electron chi connectivity index (χ4n) is 2.57. The number of halogens is 2. The largest absolute Gasteiger partial charge is 0.451 e. The van der Waals surface area contributed by atoms with E-state index in [4.69, 9.17) is 27.9 Å². The molecule has 0 aliphatic carbocycles. The minimum Gasteiger partial charge on any atom is -0.451 e. The number of aliphatic hydroxyl groups excluding tert-OH is 1. The number of carbonyl (C=O) groups excluding carboxylic acids is 2. The summed E-state index contributed by atoms with van der Waals surface area (Å²) in [6.07, 6.45) is -0.712. The van der Waals surface area contributed by atoms with Gasteiger partial charge in [-0.05, 0) is 44.5 Å². The third kappa shape index (κ3) is 4.54. The van der Waals surface area contributed by atoms with Crippen molar-refractivity contribution in [3.05, 3.63) is 50.8 Å². The number of aromatic nitrogens is 1. The maximum atomic E-state index is 12.2. The van der Waals surface area contributed by atoms with Crippen LogP contribution in [0.5, 0.6) is 0 Å². The number of aliphatic hydroxyl groups is 1. The third-order valence-electron chi connectivity index (χ3n) is 3.66. The van der Waals surface area contributed by atoms with Crippen molar-refractivity contribution in [1.82, 2.24) is 4.98 Å². The fourth-order valence-corrected chi connectivity index (χ4v) is 2.87. The number of nitrogens with one attached hydrogen (secondary N) is 2. The van der Waals surface area contributed by atoms with E-state index in [9.17, 15) is 14.7 Å². The number of esters is 1. The summed E-state index contributed by atoms with van der Waals surface area (Å²) in [5, 5.41) is 13.0. The number of ether oxygens (including phenoxy) is 1. The molecule has 1 amide bonds. The minimum atomic E-state index is -0.712. The van der Waals surface area contributed by atoms with E-state index in [0.29, 0.717) is 32.6 Å². The molecule has 0 unspecified atom stereocenters. The second kappa shape index (κ2) is 7.91. The summed E-state index contributed by atoms with van der Waals surface area (Å²) in [4.78, 5) is 26.9. The number of aromatic amines is 1. The smallest absolute Gasteiger partial charge is 0.355 e. The predicted octanol–water partition coefficient (Wildman–Crippen LogP) is 3.79. The summed E-state index contributed by atoms with van der Waals surface area (Å²) < 4.78 is 5.02. The fraction of sp³-hybridized carbons (Fsp3) is 0.294. The second-order valence-corrected chi connectivity index (χ2v) is 6.41. The summed E-state index contributed by atoms with van der Waals surface area (Å²) in [6, 6.07) is 4.63. The first-order chi connectivity index (χ1) is 11.7. The maximum Gasteiger partial charge on any atom is 0.355 e. The number of hydrogen-bond acceptors (Lipinski definition) is 4. The van der Waals surface area contributed by atoms with Gasteiger partial charge < -0.3 is 20.1 Å². The zero-order chi connectivity index (χ0) is 18.7. The summed E-state index contributed by atoms with van der Waals surface area (Å²) in [5.74, 6) is -1.18. The summed E-state index contributed by atoms with van der Waals surface area (Å²) in [6.45, 7) is 4.62. The van der Waals surface area contributed by atoms with Gasteiger partial charge in [-0.25, -0.2) is 4.79 Å². The molecule has 0 fully saturated rings. The van der Waals surface area contributed by atoms with Gasteiger partial charge in [0.1, 0.15) is 5.69 Å². The van der Waals surface area contributed by atoms with Crippen LogP contribution < -0.4 is 5.32 Å². The van der Waals surface area contributed by atoms with E-state index in [1.54, 1.807) is 32.9 Å². The highest BCUT2D eigenvalue weighted by atomic mass is 35.5. The van der Waals surface area contributed by atoms with E-state index in [0.717, 1.165) is 0 Å². The van der Waals surface area contributed by atoms with Crippen LogP contribution in [-0.2, 0) is 9.53 Å². The Kier molecular flexibility index (Phi) is 6.11. The van der Waals surface area contributed by atoms with Crippen LogP contribution in [0, 0.1) is 13.8 Å². The van der Waals surface area contributed by atoms with Gasteiger partial charge in [0.15, 0.2) is 6.61 Å². The van der Waals surface area contributed by atoms with Crippen molar-refractivity contribution < 1.29 is 19.4 Å². The number of rotatable bonds is 5. The number of benzene rings is 1. The van der Waals surface area contributed by atoms with E-state index in [1.807, 2.05) is 0 Å². The van der Waals surface area contributed by atoms with Gasteiger partial charge in [0.25, 0.3) is 5.91 Å². The highest BCUT2D eigenvalue weighted by Gasteiger charge is 2.21. The Bertz CT molecular complexity index is 815. The van der Waals surface area contributed by atoms with Gasteiger partial charge in [-0.2, -0.15) is 0 Å². The van der Waals surface area contributed by atoms with E-state index < -0.39 is 24.6 Å². The topological polar surface area (TPSA) is 91.4 Å². The zero-order valence-electron chi connectivity index (χ0n) is 13.9. The molecule has 0 bridgehead atoms. The predicted molar refractivity (Wildman–Crippen MR) is 96.3 cm³/mol. The molecule has 1 aromatic carbocycles. The number of amides is 1. The monoisotopic (exact) mass is 384 g/mol. The van der Waals surface area contributed by atoms with Crippen molar-refractivity contribution in [3.8, 4) is 0 Å².